The molecule has 0 aliphatic rings. The number of esters is 1. The van der Waals surface area contributed by atoms with Gasteiger partial charge in [-0.3, -0.25) is 0 Å². The van der Waals surface area contributed by atoms with Gasteiger partial charge in [0.25, 0.3) is 9.05 Å². The van der Waals surface area contributed by atoms with Crippen molar-refractivity contribution < 1.29 is 22.3 Å². The van der Waals surface area contributed by atoms with E-state index in [1.165, 1.54) is 0 Å². The van der Waals surface area contributed by atoms with Crippen molar-refractivity contribution in [2.75, 3.05) is 6.61 Å². The lowest BCUT2D eigenvalue weighted by atomic mass is 10.2. The highest BCUT2D eigenvalue weighted by atomic mass is 35.7. The number of hydrogen-bond donors (Lipinski definition) is 0. The second kappa shape index (κ2) is 6.07. The molecule has 0 fully saturated rings. The Morgan fingerprint density at radius 2 is 2.00 bits per heavy atom. The molecule has 1 rings (SSSR count). The summed E-state index contributed by atoms with van der Waals surface area (Å²) >= 11 is 5.68. The highest BCUT2D eigenvalue weighted by Crippen LogP contribution is 2.26. The molecule has 0 radical (unpaired) electrons. The summed E-state index contributed by atoms with van der Waals surface area (Å²) in [6.07, 6.45) is 0. The van der Waals surface area contributed by atoms with Gasteiger partial charge in [-0.2, -0.15) is 0 Å². The number of benzene rings is 1. The minimum Gasteiger partial charge on any atom is -0.462 e. The van der Waals surface area contributed by atoms with Crippen LogP contribution < -0.4 is 0 Å². The van der Waals surface area contributed by atoms with Crippen LogP contribution in [0.2, 0.25) is 5.02 Å². The first kappa shape index (κ1) is 16.2. The van der Waals surface area contributed by atoms with E-state index in [0.29, 0.717) is 6.07 Å². The van der Waals surface area contributed by atoms with E-state index >= 15 is 0 Å². The maximum atomic E-state index is 13.4. The summed E-state index contributed by atoms with van der Waals surface area (Å²) in [6.45, 7) is 3.79. The summed E-state index contributed by atoms with van der Waals surface area (Å²) in [5, 5.41) is -0.240. The summed E-state index contributed by atoms with van der Waals surface area (Å²) in [7, 11) is 0.751. The van der Waals surface area contributed by atoms with Crippen molar-refractivity contribution in [2.24, 2.45) is 5.92 Å². The Labute approximate surface area is 119 Å². The number of rotatable bonds is 4. The van der Waals surface area contributed by atoms with E-state index in [9.17, 15) is 17.6 Å². The van der Waals surface area contributed by atoms with Crippen molar-refractivity contribution in [1.82, 2.24) is 0 Å². The minimum absolute atomic E-state index is 0.0967. The smallest absolute Gasteiger partial charge is 0.339 e. The van der Waals surface area contributed by atoms with Crippen LogP contribution >= 0.6 is 22.3 Å². The van der Waals surface area contributed by atoms with E-state index in [-0.39, 0.29) is 23.1 Å². The van der Waals surface area contributed by atoms with Crippen LogP contribution in [0.15, 0.2) is 17.0 Å². The molecule has 8 heteroatoms. The quantitative estimate of drug-likeness (QED) is 0.629. The van der Waals surface area contributed by atoms with Crippen LogP contribution in [0, 0.1) is 11.7 Å². The molecule has 4 nitrogen and oxygen atoms in total. The summed E-state index contributed by atoms with van der Waals surface area (Å²) in [5.74, 6) is -1.86. The highest BCUT2D eigenvalue weighted by Gasteiger charge is 2.22. The SMILES string of the molecule is CC(C)COC(=O)c1cc(S(=O)(=O)Cl)c(F)cc1Cl. The molecule has 106 valence electrons. The molecular weight excluding hydrogens is 318 g/mol. The standard InChI is InChI=1S/C11H11Cl2FO4S/c1-6(2)5-18-11(15)7-3-10(19(13,16)17)9(14)4-8(7)12/h3-4,6H,5H2,1-2H3. The second-order valence-corrected chi connectivity index (χ2v) is 7.13. The Morgan fingerprint density at radius 3 is 2.47 bits per heavy atom. The fourth-order valence-electron chi connectivity index (χ4n) is 1.19. The van der Waals surface area contributed by atoms with Gasteiger partial charge < -0.3 is 4.74 Å². The summed E-state index contributed by atoms with van der Waals surface area (Å²) in [6, 6.07) is 1.48. The number of carbonyl (C=O) groups is 1. The second-order valence-electron chi connectivity index (χ2n) is 4.19. The molecule has 1 aromatic rings. The van der Waals surface area contributed by atoms with E-state index in [2.05, 4.69) is 0 Å². The fraction of sp³-hybridized carbons (Fsp3) is 0.364. The number of halogens is 3. The molecule has 0 aliphatic carbocycles. The molecular formula is C11H11Cl2FO4S. The molecule has 0 atom stereocenters. The third kappa shape index (κ3) is 4.33. The van der Waals surface area contributed by atoms with E-state index in [1.807, 2.05) is 13.8 Å². The first-order valence-electron chi connectivity index (χ1n) is 5.23. The van der Waals surface area contributed by atoms with Gasteiger partial charge in [-0.1, -0.05) is 25.4 Å². The van der Waals surface area contributed by atoms with Gasteiger partial charge in [0.2, 0.25) is 0 Å². The maximum absolute atomic E-state index is 13.4. The van der Waals surface area contributed by atoms with Crippen molar-refractivity contribution in [3.8, 4) is 0 Å². The third-order valence-corrected chi connectivity index (χ3v) is 3.70. The number of hydrogen-bond acceptors (Lipinski definition) is 4. The molecule has 0 amide bonds. The van der Waals surface area contributed by atoms with Gasteiger partial charge in [0.1, 0.15) is 10.7 Å². The van der Waals surface area contributed by atoms with E-state index < -0.39 is 25.7 Å². The minimum atomic E-state index is -4.31. The molecule has 1 aromatic carbocycles. The largest absolute Gasteiger partial charge is 0.462 e. The van der Waals surface area contributed by atoms with Crippen molar-refractivity contribution in [3.05, 3.63) is 28.5 Å². The van der Waals surface area contributed by atoms with E-state index in [4.69, 9.17) is 27.0 Å². The van der Waals surface area contributed by atoms with Crippen LogP contribution in [0.5, 0.6) is 0 Å². The van der Waals surface area contributed by atoms with Crippen LogP contribution in [-0.4, -0.2) is 21.0 Å². The summed E-state index contributed by atoms with van der Waals surface area (Å²) in [4.78, 5) is 10.9. The summed E-state index contributed by atoms with van der Waals surface area (Å²) in [5.41, 5.74) is -0.247. The lowest BCUT2D eigenvalue weighted by Gasteiger charge is -2.09. The molecule has 0 saturated carbocycles. The van der Waals surface area contributed by atoms with Gasteiger partial charge in [0.05, 0.1) is 17.2 Å². The summed E-state index contributed by atoms with van der Waals surface area (Å²) < 4.78 is 40.6. The van der Waals surface area contributed by atoms with Gasteiger partial charge in [-0.25, -0.2) is 17.6 Å². The van der Waals surface area contributed by atoms with Crippen molar-refractivity contribution in [3.63, 3.8) is 0 Å². The van der Waals surface area contributed by atoms with Crippen molar-refractivity contribution in [1.29, 1.82) is 0 Å². The normalized spacial score (nSPS) is 11.7. The van der Waals surface area contributed by atoms with Gasteiger partial charge in [-0.15, -0.1) is 0 Å². The van der Waals surface area contributed by atoms with Crippen LogP contribution in [0.3, 0.4) is 0 Å². The maximum Gasteiger partial charge on any atom is 0.339 e. The zero-order valence-electron chi connectivity index (χ0n) is 10.1. The Morgan fingerprint density at radius 1 is 1.42 bits per heavy atom. The number of carbonyl (C=O) groups excluding carboxylic acids is 1. The average molecular weight is 329 g/mol. The molecule has 0 aliphatic heterocycles. The average Bonchev–Trinajstić information content (AvgIpc) is 2.24. The zero-order valence-corrected chi connectivity index (χ0v) is 12.4. The van der Waals surface area contributed by atoms with Gasteiger partial charge >= 0.3 is 5.97 Å². The monoisotopic (exact) mass is 328 g/mol. The lowest BCUT2D eigenvalue weighted by Crippen LogP contribution is -2.12. The van der Waals surface area contributed by atoms with Crippen molar-refractivity contribution in [2.45, 2.75) is 18.7 Å². The van der Waals surface area contributed by atoms with E-state index in [0.717, 1.165) is 6.07 Å². The van der Waals surface area contributed by atoms with Crippen molar-refractivity contribution >= 4 is 37.3 Å². The molecule has 0 unspecified atom stereocenters. The Hall–Kier alpha value is -0.850. The van der Waals surface area contributed by atoms with Crippen LogP contribution in [0.25, 0.3) is 0 Å². The number of ether oxygens (including phenoxy) is 1. The Kier molecular flexibility index (Phi) is 5.18. The Bertz CT molecular complexity index is 599. The Balaban J connectivity index is 3.19. The first-order chi connectivity index (χ1) is 8.62. The first-order valence-corrected chi connectivity index (χ1v) is 7.92. The van der Waals surface area contributed by atoms with Gasteiger partial charge in [0, 0.05) is 10.7 Å². The van der Waals surface area contributed by atoms with Gasteiger partial charge in [0.15, 0.2) is 0 Å². The molecule has 0 saturated heterocycles. The molecule has 0 bridgehead atoms. The van der Waals surface area contributed by atoms with Crippen LogP contribution in [0.4, 0.5) is 4.39 Å². The predicted molar refractivity (Wildman–Crippen MR) is 69.6 cm³/mol. The molecule has 0 heterocycles. The zero-order chi connectivity index (χ0) is 14.8. The lowest BCUT2D eigenvalue weighted by molar-refractivity contribution is 0.0459. The van der Waals surface area contributed by atoms with E-state index in [1.54, 1.807) is 0 Å². The molecule has 0 spiro atoms. The van der Waals surface area contributed by atoms with Crippen LogP contribution in [0.1, 0.15) is 24.2 Å². The topological polar surface area (TPSA) is 60.4 Å². The molecule has 0 aromatic heterocycles. The molecule has 19 heavy (non-hydrogen) atoms. The molecule has 0 N–H and O–H groups in total. The van der Waals surface area contributed by atoms with Gasteiger partial charge in [-0.05, 0) is 18.1 Å². The predicted octanol–water partition coefficient (Wildman–Crippen LogP) is 3.22. The third-order valence-electron chi connectivity index (χ3n) is 2.05. The fourth-order valence-corrected chi connectivity index (χ4v) is 2.33. The van der Waals surface area contributed by atoms with Crippen LogP contribution in [-0.2, 0) is 13.8 Å². The highest BCUT2D eigenvalue weighted by molar-refractivity contribution is 8.13.